The molecule has 1 N–H and O–H groups in total. The first-order valence-electron chi connectivity index (χ1n) is 5.28. The van der Waals surface area contributed by atoms with Crippen molar-refractivity contribution in [3.05, 3.63) is 0 Å². The molecule has 0 bridgehead atoms. The molecule has 0 saturated carbocycles. The summed E-state index contributed by atoms with van der Waals surface area (Å²) in [7, 11) is 2.10. The average molecular weight is 370 g/mol. The molecule has 0 radical (unpaired) electrons. The summed E-state index contributed by atoms with van der Waals surface area (Å²) in [6.45, 7) is 8.21. The predicted octanol–water partition coefficient (Wildman–Crippen LogP) is 0.928. The Morgan fingerprint density at radius 1 is 1.36 bits per heavy atom. The molecule has 14 heavy (non-hydrogen) atoms. The quantitative estimate of drug-likeness (QED) is 0.646. The van der Waals surface area contributed by atoms with Crippen molar-refractivity contribution in [3.8, 4) is 0 Å². The fourth-order valence-electron chi connectivity index (χ4n) is 1.28. The van der Waals surface area contributed by atoms with Gasteiger partial charge in [-0.05, 0) is 0 Å². The van der Waals surface area contributed by atoms with E-state index in [2.05, 4.69) is 31.1 Å². The number of nitrogens with one attached hydrogen (secondary N) is 1. The molecule has 0 aliphatic carbocycles. The molecule has 84 valence electrons. The molecular weight excluding hydrogens is 348 g/mol. The molecule has 0 unspecified atom stereocenters. The summed E-state index contributed by atoms with van der Waals surface area (Å²) in [5.41, 5.74) is 0. The Bertz CT molecular complexity index is 191. The first kappa shape index (κ1) is 14.3. The summed E-state index contributed by atoms with van der Waals surface area (Å²) >= 11 is -1.43. The van der Waals surface area contributed by atoms with Crippen molar-refractivity contribution in [3.63, 3.8) is 0 Å². The Hall–Kier alpha value is 0.278. The van der Waals surface area contributed by atoms with Crippen LogP contribution in [0, 0.1) is 0 Å². The second-order valence-electron chi connectivity index (χ2n) is 3.54. The monoisotopic (exact) mass is 370 g/mol. The molecule has 0 heterocycles. The van der Waals surface area contributed by atoms with Gasteiger partial charge in [-0.1, -0.05) is 0 Å². The van der Waals surface area contributed by atoms with Crippen molar-refractivity contribution in [2.45, 2.75) is 26.7 Å². The number of nitrogens with zero attached hydrogens (tertiary/aromatic N) is 1. The molecule has 0 fully saturated rings. The molecule has 0 amide bonds. The van der Waals surface area contributed by atoms with Gasteiger partial charge in [-0.15, -0.1) is 0 Å². The van der Waals surface area contributed by atoms with Crippen molar-refractivity contribution in [1.82, 2.24) is 10.2 Å². The van der Waals surface area contributed by atoms with Crippen LogP contribution in [0.4, 0.5) is 0 Å². The van der Waals surface area contributed by atoms with Crippen molar-refractivity contribution in [1.29, 1.82) is 0 Å². The summed E-state index contributed by atoms with van der Waals surface area (Å²) in [6, 6.07) is 0. The molecular formula is C10H22N2OW. The van der Waals surface area contributed by atoms with Crippen LogP contribution >= 0.6 is 0 Å². The number of hydrogen-bond donors (Lipinski definition) is 1. The SMILES string of the molecule is CCCNC[C](CN(C)CCC)=[W]=[O]. The Morgan fingerprint density at radius 2 is 2.07 bits per heavy atom. The van der Waals surface area contributed by atoms with E-state index < -0.39 is 18.1 Å². The first-order chi connectivity index (χ1) is 6.74. The number of rotatable bonds is 8. The van der Waals surface area contributed by atoms with Crippen LogP contribution in [0.2, 0.25) is 0 Å². The van der Waals surface area contributed by atoms with E-state index in [-0.39, 0.29) is 0 Å². The maximum absolute atomic E-state index is 11.0. The van der Waals surface area contributed by atoms with Gasteiger partial charge in [-0.2, -0.15) is 0 Å². The van der Waals surface area contributed by atoms with E-state index >= 15 is 0 Å². The van der Waals surface area contributed by atoms with Crippen LogP contribution in [0.15, 0.2) is 0 Å². The second-order valence-corrected chi connectivity index (χ2v) is 6.21. The fourth-order valence-corrected chi connectivity index (χ4v) is 2.84. The van der Waals surface area contributed by atoms with Gasteiger partial charge in [0.05, 0.1) is 0 Å². The Balaban J connectivity index is 3.74. The molecule has 4 heteroatoms. The van der Waals surface area contributed by atoms with E-state index in [1.165, 1.54) is 3.90 Å². The van der Waals surface area contributed by atoms with Gasteiger partial charge in [-0.25, -0.2) is 0 Å². The summed E-state index contributed by atoms with van der Waals surface area (Å²) in [5, 5.41) is 3.31. The van der Waals surface area contributed by atoms with E-state index in [0.29, 0.717) is 0 Å². The molecule has 0 aliphatic rings. The van der Waals surface area contributed by atoms with Crippen LogP contribution in [0.3, 0.4) is 0 Å². The molecule has 0 atom stereocenters. The van der Waals surface area contributed by atoms with E-state index in [1.807, 2.05) is 0 Å². The molecule has 0 aliphatic heterocycles. The van der Waals surface area contributed by atoms with Gasteiger partial charge in [0.2, 0.25) is 0 Å². The van der Waals surface area contributed by atoms with Crippen molar-refractivity contribution in [2.75, 3.05) is 33.2 Å². The third kappa shape index (κ3) is 7.66. The fraction of sp³-hybridized carbons (Fsp3) is 0.900. The van der Waals surface area contributed by atoms with E-state index in [9.17, 15) is 3.40 Å². The molecule has 0 saturated heterocycles. The van der Waals surface area contributed by atoms with Crippen molar-refractivity contribution in [2.24, 2.45) is 0 Å². The molecule has 0 aromatic carbocycles. The maximum atomic E-state index is 11.0. The molecule has 0 aromatic heterocycles. The van der Waals surface area contributed by atoms with Crippen LogP contribution in [-0.4, -0.2) is 42.0 Å². The second kappa shape index (κ2) is 9.82. The molecule has 3 nitrogen and oxygen atoms in total. The Labute approximate surface area is 95.6 Å². The summed E-state index contributed by atoms with van der Waals surface area (Å²) < 4.78 is 12.3. The topological polar surface area (TPSA) is 32.3 Å². The van der Waals surface area contributed by atoms with Crippen LogP contribution in [0.5, 0.6) is 0 Å². The van der Waals surface area contributed by atoms with Gasteiger partial charge >= 0.3 is 95.5 Å². The van der Waals surface area contributed by atoms with Gasteiger partial charge in [-0.3, -0.25) is 0 Å². The third-order valence-corrected chi connectivity index (χ3v) is 3.75. The van der Waals surface area contributed by atoms with Crippen molar-refractivity contribution < 1.29 is 21.5 Å². The van der Waals surface area contributed by atoms with Crippen molar-refractivity contribution >= 4 is 3.90 Å². The summed E-state index contributed by atoms with van der Waals surface area (Å²) in [6.07, 6.45) is 2.30. The van der Waals surface area contributed by atoms with Gasteiger partial charge < -0.3 is 0 Å². The Morgan fingerprint density at radius 3 is 2.57 bits per heavy atom. The van der Waals surface area contributed by atoms with Crippen LogP contribution < -0.4 is 5.32 Å². The average Bonchev–Trinajstić information content (AvgIpc) is 2.17. The van der Waals surface area contributed by atoms with Gasteiger partial charge in [0.25, 0.3) is 0 Å². The van der Waals surface area contributed by atoms with E-state index in [1.54, 1.807) is 0 Å². The standard InChI is InChI=1S/C10H22N2.O.W/c1-4-7-11-8-6-10-12(3)9-5-2;;/h11H,4-5,7-10H2,1-3H3;;. The molecule has 0 rings (SSSR count). The number of hydrogen-bond acceptors (Lipinski definition) is 3. The van der Waals surface area contributed by atoms with Crippen LogP contribution in [0.25, 0.3) is 0 Å². The molecule has 0 spiro atoms. The summed E-state index contributed by atoms with van der Waals surface area (Å²) in [4.78, 5) is 2.25. The van der Waals surface area contributed by atoms with E-state index in [4.69, 9.17) is 0 Å². The first-order valence-corrected chi connectivity index (χ1v) is 7.94. The van der Waals surface area contributed by atoms with E-state index in [0.717, 1.165) is 39.0 Å². The zero-order chi connectivity index (χ0) is 10.8. The zero-order valence-corrected chi connectivity index (χ0v) is 12.4. The zero-order valence-electron chi connectivity index (χ0n) is 9.51. The normalized spacial score (nSPS) is 10.6. The minimum atomic E-state index is -1.43. The third-order valence-electron chi connectivity index (χ3n) is 1.92. The van der Waals surface area contributed by atoms with Crippen LogP contribution in [-0.2, 0) is 21.5 Å². The minimum absolute atomic E-state index is 0.857. The van der Waals surface area contributed by atoms with Gasteiger partial charge in [0, 0.05) is 0 Å². The van der Waals surface area contributed by atoms with Gasteiger partial charge in [0.15, 0.2) is 0 Å². The molecule has 0 aromatic rings. The Kier molecular flexibility index (Phi) is 10.0. The van der Waals surface area contributed by atoms with Gasteiger partial charge in [0.1, 0.15) is 0 Å². The summed E-state index contributed by atoms with van der Waals surface area (Å²) in [5.74, 6) is 0. The predicted molar refractivity (Wildman–Crippen MR) is 56.6 cm³/mol. The van der Waals surface area contributed by atoms with Crippen LogP contribution in [0.1, 0.15) is 26.7 Å².